The van der Waals surface area contributed by atoms with Crippen LogP contribution in [0, 0.1) is 0 Å². The van der Waals surface area contributed by atoms with Crippen molar-refractivity contribution < 1.29 is 0 Å². The highest BCUT2D eigenvalue weighted by Gasteiger charge is 2.22. The Kier molecular flexibility index (Phi) is 13.8. The highest BCUT2D eigenvalue weighted by atomic mass is 28.2. The van der Waals surface area contributed by atoms with Gasteiger partial charge in [-0.3, -0.25) is 9.80 Å². The Morgan fingerprint density at radius 2 is 1.25 bits per heavy atom. The Hall–Kier alpha value is -0.123. The molecule has 2 nitrogen and oxygen atoms in total. The van der Waals surface area contributed by atoms with Crippen molar-refractivity contribution in [3.63, 3.8) is 0 Å². The minimum absolute atomic E-state index is 0.240. The van der Waals surface area contributed by atoms with Gasteiger partial charge in [0.25, 0.3) is 0 Å². The van der Waals surface area contributed by atoms with Crippen LogP contribution in [-0.2, 0) is 0 Å². The molecular weight excluding hydrogens is 260 g/mol. The molecule has 0 aromatic rings. The second-order valence-electron chi connectivity index (χ2n) is 5.78. The van der Waals surface area contributed by atoms with Gasteiger partial charge < -0.3 is 0 Å². The molecule has 0 fully saturated rings. The zero-order valence-electron chi connectivity index (χ0n) is 14.5. The van der Waals surface area contributed by atoms with Crippen molar-refractivity contribution in [1.82, 2.24) is 9.80 Å². The van der Waals surface area contributed by atoms with Gasteiger partial charge in [-0.1, -0.05) is 40.5 Å². The van der Waals surface area contributed by atoms with Crippen LogP contribution in [0.5, 0.6) is 0 Å². The van der Waals surface area contributed by atoms with Gasteiger partial charge >= 0.3 is 0 Å². The van der Waals surface area contributed by atoms with Crippen LogP contribution in [0.2, 0.25) is 0 Å². The van der Waals surface area contributed by atoms with Gasteiger partial charge in [0.15, 0.2) is 0 Å². The van der Waals surface area contributed by atoms with E-state index in [2.05, 4.69) is 49.8 Å². The monoisotopic (exact) mass is 298 g/mol. The molecule has 0 rings (SSSR count). The number of unbranched alkanes of at least 4 members (excludes halogenated alkanes) is 2. The summed E-state index contributed by atoms with van der Waals surface area (Å²) in [5, 5.41) is 0. The maximum absolute atomic E-state index is 4.05. The first kappa shape index (κ1) is 19.9. The molecule has 0 unspecified atom stereocenters. The fourth-order valence-electron chi connectivity index (χ4n) is 2.79. The van der Waals surface area contributed by atoms with Crippen LogP contribution < -0.4 is 0 Å². The molecule has 0 spiro atoms. The summed E-state index contributed by atoms with van der Waals surface area (Å²) in [6, 6.07) is 0. The molecule has 0 aromatic heterocycles. The van der Waals surface area contributed by atoms with Gasteiger partial charge in [-0.05, 0) is 51.9 Å². The molecular formula is C17H38N2Si. The SMILES string of the molecule is C=C[SiH2]C(N(CCC)CCCC)N(CCC)CCCC. The summed E-state index contributed by atoms with van der Waals surface area (Å²) in [6.07, 6.45) is 7.78. The maximum Gasteiger partial charge on any atom is 0.0823 e. The van der Waals surface area contributed by atoms with Crippen molar-refractivity contribution in [3.8, 4) is 0 Å². The van der Waals surface area contributed by atoms with E-state index in [1.807, 2.05) is 0 Å². The van der Waals surface area contributed by atoms with Crippen molar-refractivity contribution >= 4 is 9.52 Å². The van der Waals surface area contributed by atoms with E-state index in [0.717, 1.165) is 0 Å². The topological polar surface area (TPSA) is 6.48 Å². The van der Waals surface area contributed by atoms with E-state index < -0.39 is 0 Å². The summed E-state index contributed by atoms with van der Waals surface area (Å²) in [6.45, 7) is 18.3. The third-order valence-electron chi connectivity index (χ3n) is 3.84. The largest absolute Gasteiger partial charge is 0.291 e. The predicted octanol–water partition coefficient (Wildman–Crippen LogP) is 3.61. The molecule has 3 heteroatoms. The van der Waals surface area contributed by atoms with Crippen molar-refractivity contribution in [2.24, 2.45) is 0 Å². The first-order valence-electron chi connectivity index (χ1n) is 8.83. The standard InChI is InChI=1S/C17H38N2Si/c1-6-11-15-18(13-8-3)17(20-10-5)19(14-9-4)16-12-7-2/h10,17H,5-9,11-16,20H2,1-4H3. The van der Waals surface area contributed by atoms with E-state index in [1.165, 1.54) is 64.7 Å². The smallest absolute Gasteiger partial charge is 0.0823 e. The highest BCUT2D eigenvalue weighted by Crippen LogP contribution is 2.11. The molecule has 0 aliphatic heterocycles. The molecule has 0 aliphatic carbocycles. The van der Waals surface area contributed by atoms with Gasteiger partial charge in [0.1, 0.15) is 0 Å². The first-order chi connectivity index (χ1) is 9.74. The van der Waals surface area contributed by atoms with E-state index in [9.17, 15) is 0 Å². The van der Waals surface area contributed by atoms with Crippen molar-refractivity contribution in [3.05, 3.63) is 12.3 Å². The van der Waals surface area contributed by atoms with Crippen molar-refractivity contribution in [1.29, 1.82) is 0 Å². The third-order valence-corrected chi connectivity index (χ3v) is 5.63. The minimum Gasteiger partial charge on any atom is -0.291 e. The van der Waals surface area contributed by atoms with Crippen LogP contribution in [-0.4, -0.2) is 51.3 Å². The molecule has 120 valence electrons. The molecule has 0 heterocycles. The normalized spacial score (nSPS) is 12.3. The zero-order valence-corrected chi connectivity index (χ0v) is 15.9. The van der Waals surface area contributed by atoms with Gasteiger partial charge in [-0.15, -0.1) is 12.3 Å². The van der Waals surface area contributed by atoms with E-state index in [4.69, 9.17) is 0 Å². The molecule has 20 heavy (non-hydrogen) atoms. The van der Waals surface area contributed by atoms with Crippen LogP contribution in [0.1, 0.15) is 66.2 Å². The average molecular weight is 299 g/mol. The summed E-state index contributed by atoms with van der Waals surface area (Å²) >= 11 is 0. The number of hydrogen-bond acceptors (Lipinski definition) is 2. The Labute approximate surface area is 130 Å². The summed E-state index contributed by atoms with van der Waals surface area (Å²) in [7, 11) is -0.240. The quantitative estimate of drug-likeness (QED) is 0.357. The second kappa shape index (κ2) is 13.8. The van der Waals surface area contributed by atoms with Crippen LogP contribution >= 0.6 is 0 Å². The molecule has 0 aromatic carbocycles. The van der Waals surface area contributed by atoms with Gasteiger partial charge in [-0.2, -0.15) is 0 Å². The van der Waals surface area contributed by atoms with Crippen LogP contribution in [0.4, 0.5) is 0 Å². The van der Waals surface area contributed by atoms with Gasteiger partial charge in [-0.25, -0.2) is 0 Å². The van der Waals surface area contributed by atoms with Crippen LogP contribution in [0.15, 0.2) is 12.3 Å². The lowest BCUT2D eigenvalue weighted by molar-refractivity contribution is 0.0935. The van der Waals surface area contributed by atoms with E-state index in [0.29, 0.717) is 5.79 Å². The van der Waals surface area contributed by atoms with Crippen LogP contribution in [0.3, 0.4) is 0 Å². The number of hydrogen-bond donors (Lipinski definition) is 0. The number of rotatable bonds is 14. The summed E-state index contributed by atoms with van der Waals surface area (Å²) in [4.78, 5) is 5.51. The Balaban J connectivity index is 4.81. The molecule has 0 saturated heterocycles. The second-order valence-corrected chi connectivity index (χ2v) is 7.56. The fraction of sp³-hybridized carbons (Fsp3) is 0.882. The molecule has 0 amide bonds. The Morgan fingerprint density at radius 1 is 0.800 bits per heavy atom. The summed E-state index contributed by atoms with van der Waals surface area (Å²) in [5.41, 5.74) is 2.24. The minimum atomic E-state index is -0.240. The van der Waals surface area contributed by atoms with Gasteiger partial charge in [0, 0.05) is 5.79 Å². The summed E-state index contributed by atoms with van der Waals surface area (Å²) in [5.74, 6) is 0.700. The van der Waals surface area contributed by atoms with Crippen LogP contribution in [0.25, 0.3) is 0 Å². The molecule has 0 saturated carbocycles. The molecule has 0 radical (unpaired) electrons. The zero-order chi connectivity index (χ0) is 15.2. The lowest BCUT2D eigenvalue weighted by Gasteiger charge is -2.39. The maximum atomic E-state index is 4.05. The predicted molar refractivity (Wildman–Crippen MR) is 96.1 cm³/mol. The molecule has 0 N–H and O–H groups in total. The van der Waals surface area contributed by atoms with E-state index in [1.54, 1.807) is 0 Å². The first-order valence-corrected chi connectivity index (χ1v) is 10.5. The molecule has 0 aliphatic rings. The third kappa shape index (κ3) is 8.23. The molecule has 0 atom stereocenters. The summed E-state index contributed by atoms with van der Waals surface area (Å²) < 4.78 is 0. The molecule has 0 bridgehead atoms. The van der Waals surface area contributed by atoms with Crippen molar-refractivity contribution in [2.75, 3.05) is 26.2 Å². The lowest BCUT2D eigenvalue weighted by atomic mass is 10.3. The van der Waals surface area contributed by atoms with E-state index >= 15 is 0 Å². The van der Waals surface area contributed by atoms with Gasteiger partial charge in [0.05, 0.1) is 9.52 Å². The van der Waals surface area contributed by atoms with Crippen molar-refractivity contribution in [2.45, 2.75) is 72.0 Å². The fourth-order valence-corrected chi connectivity index (χ4v) is 4.42. The average Bonchev–Trinajstić information content (AvgIpc) is 2.46. The highest BCUT2D eigenvalue weighted by molar-refractivity contribution is 6.43. The Morgan fingerprint density at radius 3 is 1.55 bits per heavy atom. The van der Waals surface area contributed by atoms with Gasteiger partial charge in [0.2, 0.25) is 0 Å². The van der Waals surface area contributed by atoms with E-state index in [-0.39, 0.29) is 9.52 Å². The lowest BCUT2D eigenvalue weighted by Crippen LogP contribution is -2.52. The Bertz CT molecular complexity index is 203. The number of nitrogens with zero attached hydrogens (tertiary/aromatic N) is 2.